The van der Waals surface area contributed by atoms with Crippen molar-refractivity contribution in [1.82, 2.24) is 9.80 Å². The van der Waals surface area contributed by atoms with Gasteiger partial charge in [0.05, 0.1) is 0 Å². The van der Waals surface area contributed by atoms with E-state index >= 15 is 0 Å². The van der Waals surface area contributed by atoms with Crippen LogP contribution in [-0.2, 0) is 0 Å². The molecule has 0 unspecified atom stereocenters. The lowest BCUT2D eigenvalue weighted by atomic mass is 10.1. The predicted octanol–water partition coefficient (Wildman–Crippen LogP) is 0.955. The molecule has 1 heterocycles. The average Bonchev–Trinajstić information content (AvgIpc) is 2.47. The van der Waals surface area contributed by atoms with Crippen LogP contribution in [0.25, 0.3) is 0 Å². The molecule has 0 bridgehead atoms. The van der Waals surface area contributed by atoms with Crippen LogP contribution in [0.2, 0.25) is 0 Å². The Morgan fingerprint density at radius 2 is 1.75 bits per heavy atom. The minimum absolute atomic E-state index is 0.0337. The first-order valence-electron chi connectivity index (χ1n) is 6.78. The molecular formula is C14H20N4O2. The number of piperazine rings is 1. The van der Waals surface area contributed by atoms with Crippen molar-refractivity contribution in [2.75, 3.05) is 38.0 Å². The van der Waals surface area contributed by atoms with Crippen molar-refractivity contribution in [3.8, 4) is 0 Å². The number of likely N-dealkylation sites (N-methyl/N-ethyl adjacent to an activating group) is 1. The maximum absolute atomic E-state index is 12.3. The summed E-state index contributed by atoms with van der Waals surface area (Å²) in [5, 5.41) is 2.47. The van der Waals surface area contributed by atoms with Gasteiger partial charge in [-0.3, -0.25) is 4.79 Å². The summed E-state index contributed by atoms with van der Waals surface area (Å²) in [4.78, 5) is 27.2. The lowest BCUT2D eigenvalue weighted by Crippen LogP contribution is -2.48. The first kappa shape index (κ1) is 14.3. The second-order valence-electron chi connectivity index (χ2n) is 4.79. The molecule has 1 fully saturated rings. The van der Waals surface area contributed by atoms with Gasteiger partial charge in [-0.1, -0.05) is 6.92 Å². The fourth-order valence-electron chi connectivity index (χ4n) is 2.29. The Morgan fingerprint density at radius 1 is 1.15 bits per heavy atom. The van der Waals surface area contributed by atoms with E-state index < -0.39 is 6.03 Å². The minimum atomic E-state index is -0.611. The molecule has 1 aliphatic rings. The van der Waals surface area contributed by atoms with E-state index in [9.17, 15) is 9.59 Å². The lowest BCUT2D eigenvalue weighted by molar-refractivity contribution is 0.0643. The van der Waals surface area contributed by atoms with Crippen molar-refractivity contribution in [3.63, 3.8) is 0 Å². The molecule has 0 aromatic heterocycles. The molecule has 108 valence electrons. The molecule has 6 heteroatoms. The minimum Gasteiger partial charge on any atom is -0.351 e. The van der Waals surface area contributed by atoms with E-state index in [1.807, 2.05) is 4.90 Å². The third kappa shape index (κ3) is 3.48. The molecular weight excluding hydrogens is 256 g/mol. The van der Waals surface area contributed by atoms with Crippen LogP contribution in [0.15, 0.2) is 24.3 Å². The molecule has 2 rings (SSSR count). The first-order chi connectivity index (χ1) is 9.60. The Hall–Kier alpha value is -2.08. The fraction of sp³-hybridized carbons (Fsp3) is 0.429. The number of benzene rings is 1. The van der Waals surface area contributed by atoms with Crippen LogP contribution in [0.3, 0.4) is 0 Å². The van der Waals surface area contributed by atoms with Crippen LogP contribution in [0.1, 0.15) is 17.3 Å². The Kier molecular flexibility index (Phi) is 4.57. The number of hydrogen-bond acceptors (Lipinski definition) is 3. The topological polar surface area (TPSA) is 78.7 Å². The van der Waals surface area contributed by atoms with Gasteiger partial charge in [0.15, 0.2) is 0 Å². The van der Waals surface area contributed by atoms with E-state index in [1.54, 1.807) is 24.3 Å². The molecule has 20 heavy (non-hydrogen) atoms. The van der Waals surface area contributed by atoms with E-state index in [0.29, 0.717) is 11.3 Å². The van der Waals surface area contributed by atoms with Crippen molar-refractivity contribution in [3.05, 3.63) is 29.8 Å². The van der Waals surface area contributed by atoms with Gasteiger partial charge in [0.1, 0.15) is 0 Å². The zero-order chi connectivity index (χ0) is 14.5. The van der Waals surface area contributed by atoms with E-state index in [-0.39, 0.29) is 5.91 Å². The average molecular weight is 276 g/mol. The molecule has 3 amide bonds. The van der Waals surface area contributed by atoms with Crippen LogP contribution < -0.4 is 11.1 Å². The highest BCUT2D eigenvalue weighted by atomic mass is 16.2. The molecule has 3 N–H and O–H groups in total. The predicted molar refractivity (Wildman–Crippen MR) is 77.7 cm³/mol. The van der Waals surface area contributed by atoms with Crippen LogP contribution in [-0.4, -0.2) is 54.5 Å². The summed E-state index contributed by atoms with van der Waals surface area (Å²) in [6.07, 6.45) is 0. The van der Waals surface area contributed by atoms with Gasteiger partial charge < -0.3 is 20.9 Å². The molecule has 0 spiro atoms. The van der Waals surface area contributed by atoms with Crippen LogP contribution in [0, 0.1) is 0 Å². The highest BCUT2D eigenvalue weighted by molar-refractivity contribution is 5.95. The summed E-state index contributed by atoms with van der Waals surface area (Å²) in [5.74, 6) is 0.0337. The van der Waals surface area contributed by atoms with Gasteiger partial charge in [0, 0.05) is 37.4 Å². The number of urea groups is 1. The van der Waals surface area contributed by atoms with Gasteiger partial charge >= 0.3 is 6.03 Å². The Balaban J connectivity index is 1.97. The van der Waals surface area contributed by atoms with Gasteiger partial charge in [-0.05, 0) is 30.8 Å². The van der Waals surface area contributed by atoms with E-state index in [1.165, 1.54) is 0 Å². The van der Waals surface area contributed by atoms with Crippen LogP contribution in [0.5, 0.6) is 0 Å². The first-order valence-corrected chi connectivity index (χ1v) is 6.78. The SMILES string of the molecule is CCN1CCN(C(=O)c2ccc(NC(N)=O)cc2)CC1. The second kappa shape index (κ2) is 6.38. The molecule has 0 atom stereocenters. The summed E-state index contributed by atoms with van der Waals surface area (Å²) in [6, 6.07) is 6.17. The Bertz CT molecular complexity index is 478. The van der Waals surface area contributed by atoms with Crippen molar-refractivity contribution in [2.45, 2.75) is 6.92 Å². The Morgan fingerprint density at radius 3 is 2.25 bits per heavy atom. The lowest BCUT2D eigenvalue weighted by Gasteiger charge is -2.34. The van der Waals surface area contributed by atoms with Crippen molar-refractivity contribution < 1.29 is 9.59 Å². The monoisotopic (exact) mass is 276 g/mol. The summed E-state index contributed by atoms with van der Waals surface area (Å²) >= 11 is 0. The fourth-order valence-corrected chi connectivity index (χ4v) is 2.29. The molecule has 1 aromatic rings. The third-order valence-electron chi connectivity index (χ3n) is 3.51. The highest BCUT2D eigenvalue weighted by Gasteiger charge is 2.21. The number of rotatable bonds is 3. The number of carbonyl (C=O) groups is 2. The third-order valence-corrected chi connectivity index (χ3v) is 3.51. The molecule has 1 aliphatic heterocycles. The molecule has 6 nitrogen and oxygen atoms in total. The number of carbonyl (C=O) groups excluding carboxylic acids is 2. The van der Waals surface area contributed by atoms with Crippen LogP contribution >= 0.6 is 0 Å². The number of hydrogen-bond donors (Lipinski definition) is 2. The molecule has 0 aliphatic carbocycles. The molecule has 1 saturated heterocycles. The van der Waals surface area contributed by atoms with Crippen LogP contribution in [0.4, 0.5) is 10.5 Å². The van der Waals surface area contributed by atoms with Crippen molar-refractivity contribution in [2.24, 2.45) is 5.73 Å². The van der Waals surface area contributed by atoms with Crippen molar-refractivity contribution in [1.29, 1.82) is 0 Å². The van der Waals surface area contributed by atoms with Gasteiger partial charge in [0.2, 0.25) is 0 Å². The zero-order valence-corrected chi connectivity index (χ0v) is 11.6. The smallest absolute Gasteiger partial charge is 0.316 e. The number of amides is 3. The van der Waals surface area contributed by atoms with Crippen molar-refractivity contribution >= 4 is 17.6 Å². The highest BCUT2D eigenvalue weighted by Crippen LogP contribution is 2.13. The maximum Gasteiger partial charge on any atom is 0.316 e. The summed E-state index contributed by atoms with van der Waals surface area (Å²) in [5.41, 5.74) is 6.25. The largest absolute Gasteiger partial charge is 0.351 e. The number of nitrogens with one attached hydrogen (secondary N) is 1. The summed E-state index contributed by atoms with van der Waals surface area (Å²) in [6.45, 7) is 6.51. The van der Waals surface area contributed by atoms with Gasteiger partial charge in [-0.25, -0.2) is 4.79 Å². The standard InChI is InChI=1S/C14H20N4O2/c1-2-17-7-9-18(10-8-17)13(19)11-3-5-12(6-4-11)16-14(15)20/h3-6H,2,7-10H2,1H3,(H3,15,16,20). The summed E-state index contributed by atoms with van der Waals surface area (Å²) in [7, 11) is 0. The number of anilines is 1. The second-order valence-corrected chi connectivity index (χ2v) is 4.79. The quantitative estimate of drug-likeness (QED) is 0.863. The number of nitrogens with zero attached hydrogens (tertiary/aromatic N) is 2. The number of primary amides is 1. The Labute approximate surface area is 118 Å². The van der Waals surface area contributed by atoms with Gasteiger partial charge in [0.25, 0.3) is 5.91 Å². The molecule has 0 radical (unpaired) electrons. The summed E-state index contributed by atoms with van der Waals surface area (Å²) < 4.78 is 0. The van der Waals surface area contributed by atoms with Gasteiger partial charge in [-0.2, -0.15) is 0 Å². The van der Waals surface area contributed by atoms with E-state index in [2.05, 4.69) is 17.1 Å². The number of nitrogens with two attached hydrogens (primary N) is 1. The molecule has 0 saturated carbocycles. The van der Waals surface area contributed by atoms with E-state index in [4.69, 9.17) is 5.73 Å². The molecule has 1 aromatic carbocycles. The normalized spacial score (nSPS) is 15.9. The maximum atomic E-state index is 12.3. The van der Waals surface area contributed by atoms with Gasteiger partial charge in [-0.15, -0.1) is 0 Å². The van der Waals surface area contributed by atoms with E-state index in [0.717, 1.165) is 32.7 Å². The zero-order valence-electron chi connectivity index (χ0n) is 11.6.